The summed E-state index contributed by atoms with van der Waals surface area (Å²) in [5.74, 6) is 1.22. The normalized spacial score (nSPS) is 21.1. The second-order valence-electron chi connectivity index (χ2n) is 6.49. The quantitative estimate of drug-likeness (QED) is 0.745. The van der Waals surface area contributed by atoms with Crippen molar-refractivity contribution in [3.63, 3.8) is 0 Å². The fourth-order valence-corrected chi connectivity index (χ4v) is 3.44. The summed E-state index contributed by atoms with van der Waals surface area (Å²) in [5, 5.41) is 11.6. The van der Waals surface area contributed by atoms with Crippen molar-refractivity contribution < 1.29 is 5.11 Å². The Kier molecular flexibility index (Phi) is 2.96. The molecule has 0 spiro atoms. The van der Waals surface area contributed by atoms with E-state index in [1.165, 1.54) is 0 Å². The predicted octanol–water partition coefficient (Wildman–Crippen LogP) is 1.54. The number of hydrogen-bond donors (Lipinski definition) is 2. The fraction of sp³-hybridized carbons (Fsp3) is 0.438. The second kappa shape index (κ2) is 4.79. The van der Waals surface area contributed by atoms with Crippen LogP contribution in [0.3, 0.4) is 0 Å². The van der Waals surface area contributed by atoms with Gasteiger partial charge in [0.25, 0.3) is 0 Å². The number of imidazole rings is 1. The maximum atomic E-state index is 10.7. The van der Waals surface area contributed by atoms with Gasteiger partial charge in [-0.1, -0.05) is 6.92 Å². The summed E-state index contributed by atoms with van der Waals surface area (Å²) in [4.78, 5) is 15.5. The van der Waals surface area contributed by atoms with Crippen LogP contribution >= 0.6 is 0 Å². The van der Waals surface area contributed by atoms with Gasteiger partial charge in [-0.05, 0) is 25.5 Å². The molecule has 1 unspecified atom stereocenters. The number of fused-ring (bicyclic) bond motifs is 5. The molecule has 1 aliphatic rings. The highest BCUT2D eigenvalue weighted by Gasteiger charge is 2.35. The van der Waals surface area contributed by atoms with E-state index in [0.29, 0.717) is 30.1 Å². The molecular weight excluding hydrogens is 292 g/mol. The Morgan fingerprint density at radius 3 is 2.96 bits per heavy atom. The molecule has 3 N–H and O–H groups in total. The Morgan fingerprint density at radius 2 is 2.17 bits per heavy atom. The van der Waals surface area contributed by atoms with Crippen LogP contribution < -0.4 is 10.6 Å². The second-order valence-corrected chi connectivity index (χ2v) is 6.49. The fourth-order valence-electron chi connectivity index (χ4n) is 3.44. The molecule has 0 aliphatic carbocycles. The third-order valence-corrected chi connectivity index (χ3v) is 4.26. The molecule has 4 heterocycles. The molecule has 0 bridgehead atoms. The van der Waals surface area contributed by atoms with Gasteiger partial charge in [0.15, 0.2) is 11.5 Å². The van der Waals surface area contributed by atoms with Gasteiger partial charge in [0, 0.05) is 18.1 Å². The van der Waals surface area contributed by atoms with Gasteiger partial charge in [-0.3, -0.25) is 0 Å². The lowest BCUT2D eigenvalue weighted by molar-refractivity contribution is 0.0417. The first-order valence-corrected chi connectivity index (χ1v) is 7.88. The van der Waals surface area contributed by atoms with E-state index in [4.69, 9.17) is 10.7 Å². The molecule has 0 radical (unpaired) electrons. The summed E-state index contributed by atoms with van der Waals surface area (Å²) >= 11 is 0. The van der Waals surface area contributed by atoms with Crippen molar-refractivity contribution in [3.05, 3.63) is 18.3 Å². The molecule has 0 saturated heterocycles. The molecule has 3 aromatic heterocycles. The van der Waals surface area contributed by atoms with Gasteiger partial charge in [-0.2, -0.15) is 0 Å². The van der Waals surface area contributed by atoms with Crippen molar-refractivity contribution in [1.82, 2.24) is 19.5 Å². The maximum Gasteiger partial charge on any atom is 0.206 e. The molecule has 0 amide bonds. The van der Waals surface area contributed by atoms with Crippen molar-refractivity contribution in [2.75, 3.05) is 23.7 Å². The van der Waals surface area contributed by atoms with Crippen LogP contribution in [0.1, 0.15) is 20.3 Å². The molecule has 7 nitrogen and oxygen atoms in total. The first kappa shape index (κ1) is 14.2. The van der Waals surface area contributed by atoms with Crippen molar-refractivity contribution >= 4 is 33.8 Å². The minimum atomic E-state index is -0.817. The third-order valence-electron chi connectivity index (χ3n) is 4.26. The largest absolute Gasteiger partial charge is 0.386 e. The van der Waals surface area contributed by atoms with Gasteiger partial charge in [0.1, 0.15) is 5.52 Å². The first-order chi connectivity index (χ1) is 11.0. The van der Waals surface area contributed by atoms with Crippen molar-refractivity contribution in [1.29, 1.82) is 0 Å². The Balaban J connectivity index is 2.08. The zero-order valence-electron chi connectivity index (χ0n) is 13.3. The highest BCUT2D eigenvalue weighted by Crippen LogP contribution is 2.35. The molecule has 7 heteroatoms. The minimum Gasteiger partial charge on any atom is -0.386 e. The van der Waals surface area contributed by atoms with Crippen LogP contribution in [0, 0.1) is 0 Å². The SMILES string of the molecule is CCCN1CC(C)(O)Cn2c1nc1c(N)nc3ncccc3c12. The van der Waals surface area contributed by atoms with Crippen LogP contribution in [0.15, 0.2) is 18.3 Å². The van der Waals surface area contributed by atoms with E-state index >= 15 is 0 Å². The number of β-amino-alcohol motifs (C(OH)–C–C–N with tert-alkyl or cyclic N) is 1. The molecular formula is C16H20N6O. The molecule has 0 aromatic carbocycles. The van der Waals surface area contributed by atoms with Gasteiger partial charge < -0.3 is 20.3 Å². The Labute approximate surface area is 133 Å². The van der Waals surface area contributed by atoms with Crippen molar-refractivity contribution in [2.45, 2.75) is 32.4 Å². The van der Waals surface area contributed by atoms with Gasteiger partial charge in [0.2, 0.25) is 5.95 Å². The number of anilines is 2. The van der Waals surface area contributed by atoms with E-state index in [9.17, 15) is 5.11 Å². The monoisotopic (exact) mass is 312 g/mol. The lowest BCUT2D eigenvalue weighted by atomic mass is 10.0. The van der Waals surface area contributed by atoms with Crippen LogP contribution in [-0.4, -0.2) is 43.3 Å². The summed E-state index contributed by atoms with van der Waals surface area (Å²) < 4.78 is 2.05. The minimum absolute atomic E-state index is 0.379. The summed E-state index contributed by atoms with van der Waals surface area (Å²) in [7, 11) is 0. The van der Waals surface area contributed by atoms with E-state index in [2.05, 4.69) is 26.4 Å². The first-order valence-electron chi connectivity index (χ1n) is 7.88. The van der Waals surface area contributed by atoms with E-state index in [0.717, 1.165) is 29.8 Å². The van der Waals surface area contributed by atoms with Crippen molar-refractivity contribution in [3.8, 4) is 0 Å². The maximum absolute atomic E-state index is 10.7. The van der Waals surface area contributed by atoms with Crippen LogP contribution in [0.4, 0.5) is 11.8 Å². The standard InChI is InChI=1S/C16H20N6O/c1-3-7-21-8-16(2,23)9-22-12-10-5-4-6-18-14(10)20-13(17)11(12)19-15(21)22/h4-6,23H,3,7-9H2,1-2H3,(H2,17,18,20). The molecule has 0 saturated carbocycles. The summed E-state index contributed by atoms with van der Waals surface area (Å²) in [6.45, 7) is 5.85. The molecule has 0 fully saturated rings. The average Bonchev–Trinajstić information content (AvgIpc) is 2.87. The number of aliphatic hydroxyl groups is 1. The Morgan fingerprint density at radius 1 is 1.35 bits per heavy atom. The summed E-state index contributed by atoms with van der Waals surface area (Å²) in [5.41, 5.74) is 7.48. The number of rotatable bonds is 2. The van der Waals surface area contributed by atoms with Gasteiger partial charge in [-0.25, -0.2) is 15.0 Å². The van der Waals surface area contributed by atoms with Crippen LogP contribution in [0.2, 0.25) is 0 Å². The van der Waals surface area contributed by atoms with Crippen molar-refractivity contribution in [2.24, 2.45) is 0 Å². The molecule has 3 aromatic rings. The lowest BCUT2D eigenvalue weighted by Crippen LogP contribution is -2.49. The highest BCUT2D eigenvalue weighted by atomic mass is 16.3. The summed E-state index contributed by atoms with van der Waals surface area (Å²) in [6.07, 6.45) is 2.68. The van der Waals surface area contributed by atoms with E-state index in [1.54, 1.807) is 6.20 Å². The van der Waals surface area contributed by atoms with Crippen LogP contribution in [0.25, 0.3) is 22.1 Å². The highest BCUT2D eigenvalue weighted by molar-refractivity contribution is 6.06. The van der Waals surface area contributed by atoms with Crippen LogP contribution in [-0.2, 0) is 6.54 Å². The van der Waals surface area contributed by atoms with Gasteiger partial charge in [-0.15, -0.1) is 0 Å². The number of aromatic nitrogens is 4. The molecule has 23 heavy (non-hydrogen) atoms. The molecule has 1 aliphatic heterocycles. The molecule has 1 atom stereocenters. The van der Waals surface area contributed by atoms with E-state index in [-0.39, 0.29) is 0 Å². The zero-order chi connectivity index (χ0) is 16.2. The number of hydrogen-bond acceptors (Lipinski definition) is 6. The topological polar surface area (TPSA) is 93.1 Å². The van der Waals surface area contributed by atoms with Gasteiger partial charge >= 0.3 is 0 Å². The number of nitrogens with zero attached hydrogens (tertiary/aromatic N) is 5. The zero-order valence-corrected chi connectivity index (χ0v) is 13.3. The lowest BCUT2D eigenvalue weighted by Gasteiger charge is -2.38. The Bertz CT molecular complexity index is 900. The number of nitrogens with two attached hydrogens (primary N) is 1. The predicted molar refractivity (Wildman–Crippen MR) is 90.4 cm³/mol. The van der Waals surface area contributed by atoms with Crippen LogP contribution in [0.5, 0.6) is 0 Å². The number of nitrogen functional groups attached to an aromatic ring is 1. The van der Waals surface area contributed by atoms with E-state index < -0.39 is 5.60 Å². The van der Waals surface area contributed by atoms with Gasteiger partial charge in [0.05, 0.1) is 24.2 Å². The van der Waals surface area contributed by atoms with E-state index in [1.807, 2.05) is 19.1 Å². The average molecular weight is 312 g/mol. The third kappa shape index (κ3) is 2.11. The number of pyridine rings is 2. The smallest absolute Gasteiger partial charge is 0.206 e. The molecule has 120 valence electrons. The summed E-state index contributed by atoms with van der Waals surface area (Å²) in [6, 6.07) is 3.85. The Hall–Kier alpha value is -2.41. The molecule has 4 rings (SSSR count).